The molecule has 0 heterocycles. The molecule has 0 amide bonds. The van der Waals surface area contributed by atoms with Crippen LogP contribution in [0.25, 0.3) is 0 Å². The molecule has 1 fully saturated rings. The van der Waals surface area contributed by atoms with E-state index in [1.54, 1.807) is 0 Å². The molecule has 4 heteroatoms. The highest BCUT2D eigenvalue weighted by Gasteiger charge is 2.27. The summed E-state index contributed by atoms with van der Waals surface area (Å²) in [5.74, 6) is 0.0878. The number of hydrogen-bond donors (Lipinski definition) is 2. The fraction of sp³-hybridized carbons (Fsp3) is 0.923. The Hall–Kier alpha value is -0.610. The quantitative estimate of drug-likeness (QED) is 0.716. The zero-order valence-corrected chi connectivity index (χ0v) is 11.2. The number of hydrogen-bond acceptors (Lipinski definition) is 4. The van der Waals surface area contributed by atoms with Gasteiger partial charge in [-0.2, -0.15) is 0 Å². The predicted molar refractivity (Wildman–Crippen MR) is 68.6 cm³/mol. The van der Waals surface area contributed by atoms with E-state index in [2.05, 4.69) is 12.2 Å². The van der Waals surface area contributed by atoms with Crippen molar-refractivity contribution in [3.05, 3.63) is 0 Å². The van der Waals surface area contributed by atoms with Crippen LogP contribution in [0.5, 0.6) is 0 Å². The summed E-state index contributed by atoms with van der Waals surface area (Å²) in [6, 6.07) is 0.999. The van der Waals surface area contributed by atoms with Crippen LogP contribution >= 0.6 is 0 Å². The predicted octanol–water partition coefficient (Wildman–Crippen LogP) is 1.43. The van der Waals surface area contributed by atoms with Crippen molar-refractivity contribution >= 4 is 5.97 Å². The van der Waals surface area contributed by atoms with Crippen LogP contribution in [0.1, 0.15) is 46.5 Å². The van der Waals surface area contributed by atoms with Gasteiger partial charge in [-0.25, -0.2) is 0 Å². The highest BCUT2D eigenvalue weighted by molar-refractivity contribution is 5.72. The van der Waals surface area contributed by atoms with Gasteiger partial charge in [-0.1, -0.05) is 0 Å². The number of rotatable bonds is 5. The third kappa shape index (κ3) is 4.64. The Morgan fingerprint density at radius 1 is 1.35 bits per heavy atom. The van der Waals surface area contributed by atoms with E-state index in [9.17, 15) is 4.79 Å². The molecule has 17 heavy (non-hydrogen) atoms. The lowest BCUT2D eigenvalue weighted by Gasteiger charge is -2.31. The minimum atomic E-state index is -0.0220. The number of nitrogens with one attached hydrogen (secondary N) is 1. The SMILES string of the molecule is CCOC(=O)C1CCC(NC(C)C(C)N)CC1. The van der Waals surface area contributed by atoms with E-state index >= 15 is 0 Å². The Morgan fingerprint density at radius 2 is 1.94 bits per heavy atom. The second-order valence-electron chi connectivity index (χ2n) is 5.12. The van der Waals surface area contributed by atoms with E-state index in [0.717, 1.165) is 25.7 Å². The normalized spacial score (nSPS) is 28.5. The average molecular weight is 242 g/mol. The number of carbonyl (C=O) groups is 1. The summed E-state index contributed by atoms with van der Waals surface area (Å²) in [5.41, 5.74) is 5.83. The first-order chi connectivity index (χ1) is 8.04. The maximum atomic E-state index is 11.6. The van der Waals surface area contributed by atoms with Crippen molar-refractivity contribution in [2.24, 2.45) is 11.7 Å². The molecule has 1 aliphatic carbocycles. The molecule has 4 nitrogen and oxygen atoms in total. The minimum Gasteiger partial charge on any atom is -0.466 e. The molecule has 0 aromatic carbocycles. The Kier molecular flexibility index (Phi) is 5.92. The largest absolute Gasteiger partial charge is 0.466 e. The summed E-state index contributed by atoms with van der Waals surface area (Å²) in [7, 11) is 0. The number of ether oxygens (including phenoxy) is 1. The summed E-state index contributed by atoms with van der Waals surface area (Å²) in [5, 5.41) is 3.53. The van der Waals surface area contributed by atoms with Gasteiger partial charge in [0.25, 0.3) is 0 Å². The van der Waals surface area contributed by atoms with E-state index in [1.807, 2.05) is 13.8 Å². The number of carbonyl (C=O) groups excluding carboxylic acids is 1. The topological polar surface area (TPSA) is 64.3 Å². The van der Waals surface area contributed by atoms with Crippen LogP contribution in [0.3, 0.4) is 0 Å². The van der Waals surface area contributed by atoms with Crippen LogP contribution in [0.15, 0.2) is 0 Å². The maximum Gasteiger partial charge on any atom is 0.308 e. The van der Waals surface area contributed by atoms with Crippen LogP contribution in [0.2, 0.25) is 0 Å². The fourth-order valence-electron chi connectivity index (χ4n) is 2.28. The minimum absolute atomic E-state index is 0.0220. The molecule has 0 saturated heterocycles. The zero-order valence-electron chi connectivity index (χ0n) is 11.2. The van der Waals surface area contributed by atoms with Crippen LogP contribution in [-0.4, -0.2) is 30.7 Å². The first kappa shape index (κ1) is 14.5. The molecule has 100 valence electrons. The lowest BCUT2D eigenvalue weighted by molar-refractivity contribution is -0.149. The number of nitrogens with two attached hydrogens (primary N) is 1. The molecule has 0 radical (unpaired) electrons. The third-order valence-electron chi connectivity index (χ3n) is 3.63. The molecule has 1 saturated carbocycles. The maximum absolute atomic E-state index is 11.6. The molecule has 0 spiro atoms. The smallest absolute Gasteiger partial charge is 0.308 e. The number of esters is 1. The first-order valence-electron chi connectivity index (χ1n) is 6.72. The molecule has 0 bridgehead atoms. The van der Waals surface area contributed by atoms with Gasteiger partial charge in [0, 0.05) is 18.1 Å². The summed E-state index contributed by atoms with van der Waals surface area (Å²) in [4.78, 5) is 11.6. The van der Waals surface area contributed by atoms with Crippen molar-refractivity contribution in [3.8, 4) is 0 Å². The Morgan fingerprint density at radius 3 is 2.41 bits per heavy atom. The highest BCUT2D eigenvalue weighted by atomic mass is 16.5. The zero-order chi connectivity index (χ0) is 12.8. The molecular weight excluding hydrogens is 216 g/mol. The van der Waals surface area contributed by atoms with Crippen LogP contribution in [0.4, 0.5) is 0 Å². The van der Waals surface area contributed by atoms with E-state index in [4.69, 9.17) is 10.5 Å². The second-order valence-corrected chi connectivity index (χ2v) is 5.12. The Labute approximate surface area is 104 Å². The highest BCUT2D eigenvalue weighted by Crippen LogP contribution is 2.25. The van der Waals surface area contributed by atoms with Gasteiger partial charge in [0.2, 0.25) is 0 Å². The second kappa shape index (κ2) is 6.97. The van der Waals surface area contributed by atoms with E-state index in [-0.39, 0.29) is 17.9 Å². The molecule has 1 aliphatic rings. The molecule has 1 rings (SSSR count). The summed E-state index contributed by atoms with van der Waals surface area (Å²) < 4.78 is 5.06. The van der Waals surface area contributed by atoms with Gasteiger partial charge in [-0.05, 0) is 46.5 Å². The molecule has 3 N–H and O–H groups in total. The summed E-state index contributed by atoms with van der Waals surface area (Å²) >= 11 is 0. The Bertz CT molecular complexity index is 236. The van der Waals surface area contributed by atoms with E-state index in [1.165, 1.54) is 0 Å². The summed E-state index contributed by atoms with van der Waals surface area (Å²) in [6.45, 7) is 6.47. The van der Waals surface area contributed by atoms with Crippen LogP contribution in [0, 0.1) is 5.92 Å². The van der Waals surface area contributed by atoms with Gasteiger partial charge in [-0.3, -0.25) is 4.79 Å². The molecule has 0 aromatic heterocycles. The van der Waals surface area contributed by atoms with E-state index < -0.39 is 0 Å². The molecule has 2 unspecified atom stereocenters. The fourth-order valence-corrected chi connectivity index (χ4v) is 2.28. The molecule has 0 aliphatic heterocycles. The van der Waals surface area contributed by atoms with Gasteiger partial charge in [0.05, 0.1) is 12.5 Å². The van der Waals surface area contributed by atoms with Crippen molar-refractivity contribution in [3.63, 3.8) is 0 Å². The van der Waals surface area contributed by atoms with Crippen molar-refractivity contribution in [1.82, 2.24) is 5.32 Å². The monoisotopic (exact) mass is 242 g/mol. The average Bonchev–Trinajstić information content (AvgIpc) is 2.30. The van der Waals surface area contributed by atoms with Gasteiger partial charge >= 0.3 is 5.97 Å². The van der Waals surface area contributed by atoms with Gasteiger partial charge in [0.1, 0.15) is 0 Å². The standard InChI is InChI=1S/C13H26N2O2/c1-4-17-13(16)11-5-7-12(8-6-11)15-10(3)9(2)14/h9-12,15H,4-8,14H2,1-3H3. The molecular formula is C13H26N2O2. The lowest BCUT2D eigenvalue weighted by Crippen LogP contribution is -2.47. The Balaban J connectivity index is 2.28. The van der Waals surface area contributed by atoms with Crippen molar-refractivity contribution in [2.75, 3.05) is 6.61 Å². The van der Waals surface area contributed by atoms with Gasteiger partial charge in [0.15, 0.2) is 0 Å². The first-order valence-corrected chi connectivity index (χ1v) is 6.72. The van der Waals surface area contributed by atoms with Crippen LogP contribution < -0.4 is 11.1 Å². The summed E-state index contributed by atoms with van der Waals surface area (Å²) in [6.07, 6.45) is 3.95. The van der Waals surface area contributed by atoms with Gasteiger partial charge < -0.3 is 15.8 Å². The van der Waals surface area contributed by atoms with Crippen LogP contribution in [-0.2, 0) is 9.53 Å². The van der Waals surface area contributed by atoms with Crippen molar-refractivity contribution in [1.29, 1.82) is 0 Å². The molecule has 0 aromatic rings. The van der Waals surface area contributed by atoms with E-state index in [0.29, 0.717) is 18.7 Å². The lowest BCUT2D eigenvalue weighted by atomic mass is 9.85. The molecule has 2 atom stereocenters. The van der Waals surface area contributed by atoms with Crippen molar-refractivity contribution < 1.29 is 9.53 Å². The third-order valence-corrected chi connectivity index (χ3v) is 3.63. The van der Waals surface area contributed by atoms with Gasteiger partial charge in [-0.15, -0.1) is 0 Å². The van der Waals surface area contributed by atoms with Crippen molar-refractivity contribution in [2.45, 2.75) is 64.6 Å².